The van der Waals surface area contributed by atoms with Gasteiger partial charge in [0.1, 0.15) is 5.82 Å². The minimum Gasteiger partial charge on any atom is -0.475 e. The minimum absolute atomic E-state index is 0.112. The van der Waals surface area contributed by atoms with Crippen LogP contribution in [0, 0.1) is 17.7 Å². The summed E-state index contributed by atoms with van der Waals surface area (Å²) in [5.74, 6) is -1.81. The number of likely N-dealkylation sites (tertiary alicyclic amines) is 2. The Bertz CT molecular complexity index is 698. The fraction of sp³-hybridized carbons (Fsp3) is 0.556. The largest absolute Gasteiger partial charge is 0.490 e. The van der Waals surface area contributed by atoms with Gasteiger partial charge in [-0.05, 0) is 29.5 Å². The van der Waals surface area contributed by atoms with Crippen molar-refractivity contribution in [3.8, 4) is 0 Å². The van der Waals surface area contributed by atoms with E-state index in [2.05, 4.69) is 4.90 Å². The second-order valence-electron chi connectivity index (χ2n) is 7.23. The lowest BCUT2D eigenvalue weighted by atomic mass is 10.0. The third-order valence-electron chi connectivity index (χ3n) is 4.75. The number of halogens is 4. The van der Waals surface area contributed by atoms with E-state index in [1.165, 1.54) is 6.07 Å². The standard InChI is InChI=1S/C16H22FN3O.C2HF3O2/c1-18(2)16(21)20-10-13-8-19(9-14(13)11-20)7-12-4-3-5-15(17)6-12;3-2(4,5)1(6)7/h3-6,13-14H,7-11H2,1-2H3;(H,6,7). The molecule has 1 aromatic rings. The highest BCUT2D eigenvalue weighted by molar-refractivity contribution is 5.74. The van der Waals surface area contributed by atoms with Crippen molar-refractivity contribution in [1.29, 1.82) is 0 Å². The second kappa shape index (κ2) is 8.76. The van der Waals surface area contributed by atoms with Gasteiger partial charge in [-0.3, -0.25) is 4.90 Å². The molecule has 1 aromatic carbocycles. The SMILES string of the molecule is CN(C)C(=O)N1CC2CN(Cc3cccc(F)c3)CC2C1.O=C(O)C(F)(F)F. The fourth-order valence-electron chi connectivity index (χ4n) is 3.55. The van der Waals surface area contributed by atoms with Crippen LogP contribution in [0.15, 0.2) is 24.3 Å². The van der Waals surface area contributed by atoms with E-state index in [1.807, 2.05) is 11.0 Å². The average Bonchev–Trinajstić information content (AvgIpc) is 3.12. The maximum absolute atomic E-state index is 13.2. The van der Waals surface area contributed by atoms with Crippen molar-refractivity contribution in [3.63, 3.8) is 0 Å². The molecule has 2 saturated heterocycles. The van der Waals surface area contributed by atoms with E-state index in [-0.39, 0.29) is 11.8 Å². The molecule has 6 nitrogen and oxygen atoms in total. The summed E-state index contributed by atoms with van der Waals surface area (Å²) in [6.07, 6.45) is -5.08. The maximum Gasteiger partial charge on any atom is 0.490 e. The van der Waals surface area contributed by atoms with Gasteiger partial charge in [-0.1, -0.05) is 12.1 Å². The van der Waals surface area contributed by atoms with Crippen molar-refractivity contribution in [2.45, 2.75) is 12.7 Å². The summed E-state index contributed by atoms with van der Waals surface area (Å²) in [6.45, 7) is 4.49. The van der Waals surface area contributed by atoms with E-state index in [4.69, 9.17) is 9.90 Å². The van der Waals surface area contributed by atoms with Crippen LogP contribution in [0.2, 0.25) is 0 Å². The van der Waals surface area contributed by atoms with E-state index in [0.29, 0.717) is 11.8 Å². The zero-order valence-corrected chi connectivity index (χ0v) is 15.6. The van der Waals surface area contributed by atoms with Crippen LogP contribution in [0.4, 0.5) is 22.4 Å². The van der Waals surface area contributed by atoms with Crippen LogP contribution in [-0.2, 0) is 11.3 Å². The topological polar surface area (TPSA) is 64.1 Å². The van der Waals surface area contributed by atoms with Crippen molar-refractivity contribution < 1.29 is 32.3 Å². The summed E-state index contributed by atoms with van der Waals surface area (Å²) in [6, 6.07) is 6.93. The Labute approximate surface area is 160 Å². The Hall–Kier alpha value is -2.36. The van der Waals surface area contributed by atoms with Crippen molar-refractivity contribution in [1.82, 2.24) is 14.7 Å². The predicted molar refractivity (Wildman–Crippen MR) is 93.0 cm³/mol. The van der Waals surface area contributed by atoms with Crippen LogP contribution in [-0.4, -0.2) is 78.3 Å². The maximum atomic E-state index is 13.2. The zero-order valence-electron chi connectivity index (χ0n) is 15.6. The first-order valence-electron chi connectivity index (χ1n) is 8.70. The van der Waals surface area contributed by atoms with Gasteiger partial charge in [0.2, 0.25) is 0 Å². The van der Waals surface area contributed by atoms with E-state index in [9.17, 15) is 22.4 Å². The van der Waals surface area contributed by atoms with E-state index in [0.717, 1.165) is 38.3 Å². The first-order valence-corrected chi connectivity index (χ1v) is 8.70. The van der Waals surface area contributed by atoms with E-state index >= 15 is 0 Å². The van der Waals surface area contributed by atoms with Crippen molar-refractivity contribution >= 4 is 12.0 Å². The van der Waals surface area contributed by atoms with Crippen LogP contribution in [0.5, 0.6) is 0 Å². The molecule has 0 radical (unpaired) electrons. The summed E-state index contributed by atoms with van der Waals surface area (Å²) in [5.41, 5.74) is 1.02. The molecule has 3 rings (SSSR count). The molecule has 2 fully saturated rings. The number of alkyl halides is 3. The zero-order chi connectivity index (χ0) is 21.1. The van der Waals surface area contributed by atoms with Crippen molar-refractivity contribution in [3.05, 3.63) is 35.6 Å². The third-order valence-corrected chi connectivity index (χ3v) is 4.75. The molecule has 156 valence electrons. The molecule has 0 bridgehead atoms. The van der Waals surface area contributed by atoms with Crippen LogP contribution >= 0.6 is 0 Å². The molecule has 2 aliphatic heterocycles. The lowest BCUT2D eigenvalue weighted by molar-refractivity contribution is -0.192. The highest BCUT2D eigenvalue weighted by atomic mass is 19.4. The summed E-state index contributed by atoms with van der Waals surface area (Å²) >= 11 is 0. The molecule has 2 atom stereocenters. The normalized spacial score (nSPS) is 21.7. The molecule has 2 aliphatic rings. The number of nitrogens with zero attached hydrogens (tertiary/aromatic N) is 3. The number of aliphatic carboxylic acids is 1. The van der Waals surface area contributed by atoms with Crippen LogP contribution in [0.3, 0.4) is 0 Å². The third kappa shape index (κ3) is 5.82. The average molecular weight is 405 g/mol. The van der Waals surface area contributed by atoms with Crippen LogP contribution in [0.1, 0.15) is 5.56 Å². The molecular weight excluding hydrogens is 382 g/mol. The number of carboxylic acids is 1. The number of carbonyl (C=O) groups is 2. The van der Waals surface area contributed by atoms with Gasteiger partial charge in [0, 0.05) is 46.8 Å². The van der Waals surface area contributed by atoms with Crippen molar-refractivity contribution in [2.75, 3.05) is 40.3 Å². The van der Waals surface area contributed by atoms with Gasteiger partial charge >= 0.3 is 18.2 Å². The van der Waals surface area contributed by atoms with Crippen LogP contribution < -0.4 is 0 Å². The van der Waals surface area contributed by atoms with Crippen molar-refractivity contribution in [2.24, 2.45) is 11.8 Å². The van der Waals surface area contributed by atoms with Gasteiger partial charge in [-0.15, -0.1) is 0 Å². The molecule has 28 heavy (non-hydrogen) atoms. The molecular formula is C18H23F4N3O3. The molecule has 2 heterocycles. The number of fused-ring (bicyclic) bond motifs is 1. The van der Waals surface area contributed by atoms with E-state index < -0.39 is 12.1 Å². The van der Waals surface area contributed by atoms with Gasteiger partial charge in [0.15, 0.2) is 0 Å². The fourth-order valence-corrected chi connectivity index (χ4v) is 3.55. The predicted octanol–water partition coefficient (Wildman–Crippen LogP) is 2.50. The number of hydrogen-bond acceptors (Lipinski definition) is 3. The first-order chi connectivity index (χ1) is 13.0. The number of carboxylic acid groups (broad SMARTS) is 1. The molecule has 10 heteroatoms. The highest BCUT2D eigenvalue weighted by Gasteiger charge is 2.41. The number of hydrogen-bond donors (Lipinski definition) is 1. The second-order valence-corrected chi connectivity index (χ2v) is 7.23. The molecule has 0 spiro atoms. The van der Waals surface area contributed by atoms with Gasteiger partial charge in [0.25, 0.3) is 0 Å². The first kappa shape index (κ1) is 21.9. The highest BCUT2D eigenvalue weighted by Crippen LogP contribution is 2.32. The van der Waals surface area contributed by atoms with E-state index in [1.54, 1.807) is 31.1 Å². The smallest absolute Gasteiger partial charge is 0.475 e. The minimum atomic E-state index is -5.08. The molecule has 0 saturated carbocycles. The number of urea groups is 1. The van der Waals surface area contributed by atoms with Gasteiger partial charge in [0.05, 0.1) is 0 Å². The molecule has 0 aromatic heterocycles. The number of benzene rings is 1. The molecule has 1 N–H and O–H groups in total. The Balaban J connectivity index is 0.000000345. The monoisotopic (exact) mass is 405 g/mol. The summed E-state index contributed by atoms with van der Waals surface area (Å²) in [7, 11) is 3.60. The number of carbonyl (C=O) groups excluding carboxylic acids is 1. The molecule has 2 amide bonds. The number of amides is 2. The molecule has 2 unspecified atom stereocenters. The molecule has 0 aliphatic carbocycles. The summed E-state index contributed by atoms with van der Waals surface area (Å²) in [5, 5.41) is 7.12. The quantitative estimate of drug-likeness (QED) is 0.768. The summed E-state index contributed by atoms with van der Waals surface area (Å²) < 4.78 is 45.0. The Morgan fingerprint density at radius 2 is 1.68 bits per heavy atom. The number of rotatable bonds is 2. The lowest BCUT2D eigenvalue weighted by Gasteiger charge is -2.24. The van der Waals surface area contributed by atoms with Gasteiger partial charge < -0.3 is 14.9 Å². The van der Waals surface area contributed by atoms with Gasteiger partial charge in [-0.2, -0.15) is 13.2 Å². The Morgan fingerprint density at radius 3 is 2.11 bits per heavy atom. The van der Waals surface area contributed by atoms with Gasteiger partial charge in [-0.25, -0.2) is 14.0 Å². The Kier molecular flexibility index (Phi) is 6.87. The van der Waals surface area contributed by atoms with Crippen LogP contribution in [0.25, 0.3) is 0 Å². The Morgan fingerprint density at radius 1 is 1.14 bits per heavy atom. The summed E-state index contributed by atoms with van der Waals surface area (Å²) in [4.78, 5) is 26.9. The lowest BCUT2D eigenvalue weighted by Crippen LogP contribution is -2.39.